The SMILES string of the molecule is COCCN1CCC(N2CCc3nc(Nc4ncc(F)c(-c5cc(F)c6nc(C)n(C7CCCC7)c6c5)n4)ccc3C2)CC1. The van der Waals surface area contributed by atoms with E-state index in [1.54, 1.807) is 13.2 Å². The molecular formula is C33H40F2N8O. The number of halogens is 2. The molecule has 44 heavy (non-hydrogen) atoms. The molecule has 1 saturated heterocycles. The van der Waals surface area contributed by atoms with Gasteiger partial charge in [0.25, 0.3) is 0 Å². The van der Waals surface area contributed by atoms with Gasteiger partial charge in [0.15, 0.2) is 11.6 Å². The van der Waals surface area contributed by atoms with E-state index in [-0.39, 0.29) is 17.7 Å². The van der Waals surface area contributed by atoms with Crippen molar-refractivity contribution in [1.29, 1.82) is 0 Å². The Balaban J connectivity index is 1.07. The molecule has 232 valence electrons. The van der Waals surface area contributed by atoms with Crippen LogP contribution in [-0.2, 0) is 17.7 Å². The molecule has 2 fully saturated rings. The van der Waals surface area contributed by atoms with E-state index in [2.05, 4.69) is 40.7 Å². The average Bonchev–Trinajstić information content (AvgIpc) is 3.68. The molecule has 0 atom stereocenters. The number of rotatable bonds is 8. The molecule has 5 heterocycles. The van der Waals surface area contributed by atoms with Crippen molar-refractivity contribution >= 4 is 22.8 Å². The first-order valence-corrected chi connectivity index (χ1v) is 15.9. The highest BCUT2D eigenvalue weighted by Gasteiger charge is 2.28. The van der Waals surface area contributed by atoms with Gasteiger partial charge in [-0.1, -0.05) is 18.9 Å². The van der Waals surface area contributed by atoms with Gasteiger partial charge in [-0.3, -0.25) is 4.90 Å². The summed E-state index contributed by atoms with van der Waals surface area (Å²) in [5, 5.41) is 3.16. The largest absolute Gasteiger partial charge is 0.383 e. The number of nitrogens with one attached hydrogen (secondary N) is 1. The molecule has 0 amide bonds. The molecule has 1 saturated carbocycles. The van der Waals surface area contributed by atoms with E-state index in [1.807, 2.05) is 13.0 Å². The Hall–Kier alpha value is -3.54. The number of anilines is 2. The van der Waals surface area contributed by atoms with Gasteiger partial charge in [-0.25, -0.2) is 28.7 Å². The second kappa shape index (κ2) is 12.5. The zero-order valence-electron chi connectivity index (χ0n) is 25.5. The standard InChI is InChI=1S/C33H40F2N8O/c1-21-37-32-26(34)17-23(18-29(32)43(21)25-5-3-4-6-25)31-27(35)19-36-33(40-31)39-30-8-7-22-20-42(14-11-28(22)38-30)24-9-12-41(13-10-24)15-16-44-2/h7-8,17-19,24-25H,3-6,9-16,20H2,1-2H3,(H,36,38,39,40). The first kappa shape index (κ1) is 29.2. The number of aryl methyl sites for hydroxylation is 1. The van der Waals surface area contributed by atoms with Gasteiger partial charge in [0.1, 0.15) is 22.9 Å². The van der Waals surface area contributed by atoms with Crippen LogP contribution in [0.1, 0.15) is 61.6 Å². The Morgan fingerprint density at radius 1 is 0.955 bits per heavy atom. The van der Waals surface area contributed by atoms with Crippen LogP contribution in [0.25, 0.3) is 22.3 Å². The monoisotopic (exact) mass is 602 g/mol. The number of piperidine rings is 1. The van der Waals surface area contributed by atoms with E-state index >= 15 is 8.78 Å². The number of pyridine rings is 1. The number of likely N-dealkylation sites (tertiary alicyclic amines) is 1. The van der Waals surface area contributed by atoms with Crippen LogP contribution < -0.4 is 5.32 Å². The van der Waals surface area contributed by atoms with Gasteiger partial charge in [-0.2, -0.15) is 0 Å². The lowest BCUT2D eigenvalue weighted by Crippen LogP contribution is -2.47. The molecule has 1 aliphatic carbocycles. The molecule has 9 nitrogen and oxygen atoms in total. The summed E-state index contributed by atoms with van der Waals surface area (Å²) in [4.78, 5) is 23.1. The maximum atomic E-state index is 15.3. The molecule has 0 spiro atoms. The zero-order chi connectivity index (χ0) is 30.2. The smallest absolute Gasteiger partial charge is 0.229 e. The molecular weight excluding hydrogens is 562 g/mol. The van der Waals surface area contributed by atoms with Crippen LogP contribution in [-0.4, -0.2) is 80.2 Å². The molecule has 0 bridgehead atoms. The van der Waals surface area contributed by atoms with Crippen LogP contribution in [0.4, 0.5) is 20.5 Å². The lowest BCUT2D eigenvalue weighted by molar-refractivity contribution is 0.0794. The normalized spacial score (nSPS) is 18.7. The number of aromatic nitrogens is 5. The fourth-order valence-corrected chi connectivity index (χ4v) is 7.32. The predicted octanol–water partition coefficient (Wildman–Crippen LogP) is 5.80. The van der Waals surface area contributed by atoms with Crippen LogP contribution in [0, 0.1) is 18.6 Å². The van der Waals surface area contributed by atoms with Gasteiger partial charge in [0.05, 0.1) is 18.3 Å². The molecule has 0 radical (unpaired) electrons. The van der Waals surface area contributed by atoms with Crippen molar-refractivity contribution in [2.45, 2.75) is 70.5 Å². The van der Waals surface area contributed by atoms with E-state index in [0.29, 0.717) is 28.5 Å². The number of fused-ring (bicyclic) bond motifs is 2. The lowest BCUT2D eigenvalue weighted by atomic mass is 9.98. The Labute approximate surface area is 256 Å². The van der Waals surface area contributed by atoms with Gasteiger partial charge in [0.2, 0.25) is 5.95 Å². The Kier molecular flexibility index (Phi) is 8.26. The van der Waals surface area contributed by atoms with Crippen molar-refractivity contribution in [3.63, 3.8) is 0 Å². The molecule has 11 heteroatoms. The molecule has 2 aliphatic heterocycles. The van der Waals surface area contributed by atoms with Gasteiger partial charge >= 0.3 is 0 Å². The van der Waals surface area contributed by atoms with Crippen molar-refractivity contribution < 1.29 is 13.5 Å². The van der Waals surface area contributed by atoms with Crippen molar-refractivity contribution in [1.82, 2.24) is 34.3 Å². The van der Waals surface area contributed by atoms with Crippen LogP contribution in [0.15, 0.2) is 30.5 Å². The highest BCUT2D eigenvalue weighted by atomic mass is 19.1. The molecule has 0 unspecified atom stereocenters. The summed E-state index contributed by atoms with van der Waals surface area (Å²) in [6, 6.07) is 8.04. The minimum absolute atomic E-state index is 0.0435. The summed E-state index contributed by atoms with van der Waals surface area (Å²) in [5.41, 5.74) is 3.70. The Morgan fingerprint density at radius 2 is 1.77 bits per heavy atom. The maximum Gasteiger partial charge on any atom is 0.229 e. The average molecular weight is 603 g/mol. The minimum atomic E-state index is -0.610. The zero-order valence-corrected chi connectivity index (χ0v) is 25.5. The first-order valence-electron chi connectivity index (χ1n) is 15.9. The van der Waals surface area contributed by atoms with Crippen molar-refractivity contribution in [3.05, 3.63) is 59.2 Å². The van der Waals surface area contributed by atoms with E-state index in [1.165, 1.54) is 24.5 Å². The van der Waals surface area contributed by atoms with E-state index in [9.17, 15) is 0 Å². The quantitative estimate of drug-likeness (QED) is 0.271. The van der Waals surface area contributed by atoms with Crippen LogP contribution in [0.2, 0.25) is 0 Å². The Bertz CT molecular complexity index is 1640. The van der Waals surface area contributed by atoms with E-state index in [0.717, 1.165) is 89.1 Å². The van der Waals surface area contributed by atoms with Crippen LogP contribution in [0.5, 0.6) is 0 Å². The lowest BCUT2D eigenvalue weighted by Gasteiger charge is -2.40. The van der Waals surface area contributed by atoms with Crippen LogP contribution in [0.3, 0.4) is 0 Å². The molecule has 3 aliphatic rings. The van der Waals surface area contributed by atoms with Gasteiger partial charge in [-0.05, 0) is 69.5 Å². The number of hydrogen-bond acceptors (Lipinski definition) is 8. The van der Waals surface area contributed by atoms with Crippen molar-refractivity contribution in [2.75, 3.05) is 45.2 Å². The van der Waals surface area contributed by atoms with E-state index < -0.39 is 11.6 Å². The highest BCUT2D eigenvalue weighted by molar-refractivity contribution is 5.83. The summed E-state index contributed by atoms with van der Waals surface area (Å²) in [6.45, 7) is 7.80. The number of methoxy groups -OCH3 is 1. The Morgan fingerprint density at radius 3 is 2.57 bits per heavy atom. The number of nitrogens with zero attached hydrogens (tertiary/aromatic N) is 7. The van der Waals surface area contributed by atoms with Gasteiger partial charge in [0, 0.05) is 56.5 Å². The molecule has 1 N–H and O–H groups in total. The summed E-state index contributed by atoms with van der Waals surface area (Å²) < 4.78 is 37.7. The summed E-state index contributed by atoms with van der Waals surface area (Å²) in [5.74, 6) is 0.511. The van der Waals surface area contributed by atoms with Gasteiger partial charge < -0.3 is 19.5 Å². The summed E-state index contributed by atoms with van der Waals surface area (Å²) in [6.07, 6.45) is 8.71. The second-order valence-corrected chi connectivity index (χ2v) is 12.4. The summed E-state index contributed by atoms with van der Waals surface area (Å²) in [7, 11) is 1.76. The third-order valence-electron chi connectivity index (χ3n) is 9.64. The molecule has 1 aromatic carbocycles. The first-order chi connectivity index (χ1) is 21.5. The van der Waals surface area contributed by atoms with E-state index in [4.69, 9.17) is 9.72 Å². The minimum Gasteiger partial charge on any atom is -0.383 e. The molecule has 7 rings (SSSR count). The van der Waals surface area contributed by atoms with Crippen LogP contribution >= 0.6 is 0 Å². The number of imidazole rings is 1. The van der Waals surface area contributed by atoms with Gasteiger partial charge in [-0.15, -0.1) is 0 Å². The number of benzene rings is 1. The van der Waals surface area contributed by atoms with Crippen molar-refractivity contribution in [2.24, 2.45) is 0 Å². The highest BCUT2D eigenvalue weighted by Crippen LogP contribution is 2.36. The third-order valence-corrected chi connectivity index (χ3v) is 9.64. The molecule has 4 aromatic rings. The fraction of sp³-hybridized carbons (Fsp3) is 0.515. The maximum absolute atomic E-state index is 15.3. The molecule has 3 aromatic heterocycles. The number of ether oxygens (including phenoxy) is 1. The fourth-order valence-electron chi connectivity index (χ4n) is 7.32. The third kappa shape index (κ3) is 5.80. The van der Waals surface area contributed by atoms with Crippen molar-refractivity contribution in [3.8, 4) is 11.3 Å². The summed E-state index contributed by atoms with van der Waals surface area (Å²) >= 11 is 0. The number of hydrogen-bond donors (Lipinski definition) is 1. The topological polar surface area (TPSA) is 84.2 Å². The second-order valence-electron chi connectivity index (χ2n) is 12.4. The predicted molar refractivity (Wildman–Crippen MR) is 166 cm³/mol.